The molecule has 0 spiro atoms. The number of hydrogen-bond donors (Lipinski definition) is 2. The highest BCUT2D eigenvalue weighted by molar-refractivity contribution is 7.98. The van der Waals surface area contributed by atoms with Gasteiger partial charge in [0.1, 0.15) is 0 Å². The molecule has 0 aliphatic heterocycles. The Balaban J connectivity index is 2.44. The van der Waals surface area contributed by atoms with Crippen LogP contribution in [0.4, 0.5) is 11.4 Å². The summed E-state index contributed by atoms with van der Waals surface area (Å²) >= 11 is 1.69. The van der Waals surface area contributed by atoms with Crippen molar-refractivity contribution in [3.8, 4) is 11.1 Å². The van der Waals surface area contributed by atoms with Gasteiger partial charge in [0.15, 0.2) is 0 Å². The number of benzene rings is 2. The summed E-state index contributed by atoms with van der Waals surface area (Å²) in [6.07, 6.45) is 2.04. The number of thioether (sulfide) groups is 1. The Morgan fingerprint density at radius 1 is 0.938 bits per heavy atom. The summed E-state index contributed by atoms with van der Waals surface area (Å²) in [6.45, 7) is 0. The van der Waals surface area contributed by atoms with Gasteiger partial charge in [-0.2, -0.15) is 0 Å². The molecule has 4 N–H and O–H groups in total. The van der Waals surface area contributed by atoms with E-state index in [4.69, 9.17) is 11.5 Å². The Kier molecular flexibility index (Phi) is 3.06. The lowest BCUT2D eigenvalue weighted by molar-refractivity contribution is 1.46. The van der Waals surface area contributed by atoms with Gasteiger partial charge in [-0.25, -0.2) is 0 Å². The Bertz CT molecular complexity index is 492. The molecule has 2 aromatic carbocycles. The Labute approximate surface area is 99.7 Å². The van der Waals surface area contributed by atoms with Crippen LogP contribution in [0.5, 0.6) is 0 Å². The normalized spacial score (nSPS) is 10.3. The van der Waals surface area contributed by atoms with Crippen LogP contribution in [0.25, 0.3) is 11.1 Å². The van der Waals surface area contributed by atoms with E-state index in [9.17, 15) is 0 Å². The molecule has 2 nitrogen and oxygen atoms in total. The Morgan fingerprint density at radius 3 is 2.19 bits per heavy atom. The largest absolute Gasteiger partial charge is 0.399 e. The molecule has 0 aliphatic carbocycles. The molecule has 2 aromatic rings. The van der Waals surface area contributed by atoms with Crippen molar-refractivity contribution in [1.29, 1.82) is 0 Å². The second kappa shape index (κ2) is 4.49. The summed E-state index contributed by atoms with van der Waals surface area (Å²) in [5.41, 5.74) is 15.4. The van der Waals surface area contributed by atoms with E-state index in [2.05, 4.69) is 6.07 Å². The number of nitrogens with two attached hydrogens (primary N) is 2. The Hall–Kier alpha value is -1.61. The highest BCUT2D eigenvalue weighted by Crippen LogP contribution is 2.29. The van der Waals surface area contributed by atoms with Gasteiger partial charge >= 0.3 is 0 Å². The first-order chi connectivity index (χ1) is 7.70. The predicted octanol–water partition coefficient (Wildman–Crippen LogP) is 3.24. The third-order valence-corrected chi connectivity index (χ3v) is 3.21. The van der Waals surface area contributed by atoms with Crippen LogP contribution in [0.3, 0.4) is 0 Å². The number of anilines is 2. The molecule has 2 rings (SSSR count). The first kappa shape index (κ1) is 10.9. The van der Waals surface area contributed by atoms with E-state index in [1.165, 1.54) is 4.90 Å². The van der Waals surface area contributed by atoms with Gasteiger partial charge in [-0.05, 0) is 36.1 Å². The smallest absolute Gasteiger partial charge is 0.0404 e. The molecular formula is C13H14N2S. The van der Waals surface area contributed by atoms with Gasteiger partial charge in [0.2, 0.25) is 0 Å². The number of hydrogen-bond acceptors (Lipinski definition) is 3. The molecule has 0 saturated heterocycles. The van der Waals surface area contributed by atoms with Crippen LogP contribution in [-0.4, -0.2) is 6.26 Å². The molecule has 3 heteroatoms. The molecule has 0 unspecified atom stereocenters. The van der Waals surface area contributed by atoms with E-state index >= 15 is 0 Å². The Morgan fingerprint density at radius 2 is 1.62 bits per heavy atom. The average Bonchev–Trinajstić information content (AvgIpc) is 2.30. The zero-order valence-corrected chi connectivity index (χ0v) is 9.92. The molecule has 0 aromatic heterocycles. The minimum Gasteiger partial charge on any atom is -0.399 e. The molecule has 0 amide bonds. The maximum atomic E-state index is 6.02. The second-order valence-corrected chi connectivity index (χ2v) is 4.45. The number of rotatable bonds is 2. The van der Waals surface area contributed by atoms with Gasteiger partial charge in [0, 0.05) is 21.8 Å². The molecule has 0 radical (unpaired) electrons. The van der Waals surface area contributed by atoms with Gasteiger partial charge in [-0.1, -0.05) is 18.2 Å². The van der Waals surface area contributed by atoms with Crippen LogP contribution in [-0.2, 0) is 0 Å². The van der Waals surface area contributed by atoms with Crippen molar-refractivity contribution in [1.82, 2.24) is 0 Å². The van der Waals surface area contributed by atoms with Crippen molar-refractivity contribution in [2.75, 3.05) is 17.7 Å². The van der Waals surface area contributed by atoms with Crippen LogP contribution in [0.15, 0.2) is 47.4 Å². The van der Waals surface area contributed by atoms with E-state index < -0.39 is 0 Å². The van der Waals surface area contributed by atoms with Crippen molar-refractivity contribution in [2.24, 2.45) is 0 Å². The quantitative estimate of drug-likeness (QED) is 0.615. The topological polar surface area (TPSA) is 52.0 Å². The summed E-state index contributed by atoms with van der Waals surface area (Å²) in [7, 11) is 0. The average molecular weight is 230 g/mol. The maximum Gasteiger partial charge on any atom is 0.0404 e. The summed E-state index contributed by atoms with van der Waals surface area (Å²) in [5, 5.41) is 0. The minimum atomic E-state index is 0.767. The molecular weight excluding hydrogens is 216 g/mol. The van der Waals surface area contributed by atoms with Crippen LogP contribution in [0.2, 0.25) is 0 Å². The van der Waals surface area contributed by atoms with Crippen molar-refractivity contribution in [3.05, 3.63) is 42.5 Å². The van der Waals surface area contributed by atoms with Crippen molar-refractivity contribution >= 4 is 23.1 Å². The van der Waals surface area contributed by atoms with E-state index in [-0.39, 0.29) is 0 Å². The van der Waals surface area contributed by atoms with Gasteiger partial charge in [0.05, 0.1) is 0 Å². The fourth-order valence-corrected chi connectivity index (χ4v) is 2.04. The fraction of sp³-hybridized carbons (Fsp3) is 0.0769. The van der Waals surface area contributed by atoms with E-state index in [0.29, 0.717) is 0 Å². The lowest BCUT2D eigenvalue weighted by atomic mass is 10.0. The van der Waals surface area contributed by atoms with Crippen LogP contribution in [0.1, 0.15) is 0 Å². The van der Waals surface area contributed by atoms with E-state index in [0.717, 1.165) is 22.5 Å². The molecule has 0 bridgehead atoms. The predicted molar refractivity (Wildman–Crippen MR) is 72.5 cm³/mol. The molecule has 82 valence electrons. The lowest BCUT2D eigenvalue weighted by Gasteiger charge is -2.07. The minimum absolute atomic E-state index is 0.767. The molecule has 0 atom stereocenters. The fourth-order valence-electron chi connectivity index (χ4n) is 1.59. The molecule has 0 heterocycles. The maximum absolute atomic E-state index is 6.02. The SMILES string of the molecule is CSc1ccc(-c2ccc(N)cc2)c(N)c1. The van der Waals surface area contributed by atoms with E-state index in [1.807, 2.05) is 42.7 Å². The van der Waals surface area contributed by atoms with Crippen molar-refractivity contribution in [2.45, 2.75) is 4.90 Å². The lowest BCUT2D eigenvalue weighted by Crippen LogP contribution is -1.91. The summed E-state index contributed by atoms with van der Waals surface area (Å²) in [6, 6.07) is 13.9. The third-order valence-electron chi connectivity index (χ3n) is 2.48. The second-order valence-electron chi connectivity index (χ2n) is 3.58. The molecule has 0 aliphatic rings. The first-order valence-electron chi connectivity index (χ1n) is 5.00. The number of nitrogen functional groups attached to an aromatic ring is 2. The van der Waals surface area contributed by atoms with Gasteiger partial charge in [0.25, 0.3) is 0 Å². The molecule has 0 saturated carbocycles. The van der Waals surface area contributed by atoms with Crippen LogP contribution in [0, 0.1) is 0 Å². The summed E-state index contributed by atoms with van der Waals surface area (Å²) < 4.78 is 0. The first-order valence-corrected chi connectivity index (χ1v) is 6.22. The van der Waals surface area contributed by atoms with Gasteiger partial charge in [-0.3, -0.25) is 0 Å². The zero-order chi connectivity index (χ0) is 11.5. The van der Waals surface area contributed by atoms with Crippen LogP contribution < -0.4 is 11.5 Å². The van der Waals surface area contributed by atoms with Crippen molar-refractivity contribution < 1.29 is 0 Å². The standard InChI is InChI=1S/C13H14N2S/c1-16-11-6-7-12(13(15)8-11)9-2-4-10(14)5-3-9/h2-8H,14-15H2,1H3. The zero-order valence-electron chi connectivity index (χ0n) is 9.10. The van der Waals surface area contributed by atoms with Crippen molar-refractivity contribution in [3.63, 3.8) is 0 Å². The van der Waals surface area contributed by atoms with Gasteiger partial charge < -0.3 is 11.5 Å². The summed E-state index contributed by atoms with van der Waals surface area (Å²) in [5.74, 6) is 0. The monoisotopic (exact) mass is 230 g/mol. The molecule has 16 heavy (non-hydrogen) atoms. The van der Waals surface area contributed by atoms with Gasteiger partial charge in [-0.15, -0.1) is 11.8 Å². The highest BCUT2D eigenvalue weighted by atomic mass is 32.2. The highest BCUT2D eigenvalue weighted by Gasteiger charge is 2.03. The third kappa shape index (κ3) is 2.14. The summed E-state index contributed by atoms with van der Waals surface area (Å²) in [4.78, 5) is 1.18. The molecule has 0 fully saturated rings. The van der Waals surface area contributed by atoms with E-state index in [1.54, 1.807) is 11.8 Å². The van der Waals surface area contributed by atoms with Crippen LogP contribution >= 0.6 is 11.8 Å².